The van der Waals surface area contributed by atoms with E-state index in [1.165, 1.54) is 0 Å². The van der Waals surface area contributed by atoms with Crippen LogP contribution in [0.3, 0.4) is 0 Å². The van der Waals surface area contributed by atoms with Crippen molar-refractivity contribution in [3.05, 3.63) is 52.8 Å². The van der Waals surface area contributed by atoms with E-state index in [9.17, 15) is 9.59 Å². The lowest BCUT2D eigenvalue weighted by atomic mass is 10.2. The number of hydrogen-bond acceptors (Lipinski definition) is 3. The second-order valence-corrected chi connectivity index (χ2v) is 5.13. The molecule has 1 unspecified atom stereocenters. The number of rotatable bonds is 4. The lowest BCUT2D eigenvalue weighted by molar-refractivity contribution is -0.128. The van der Waals surface area contributed by atoms with Crippen molar-refractivity contribution >= 4 is 23.4 Å². The number of carbonyl (C=O) groups excluding carboxylic acids is 2. The Bertz CT molecular complexity index is 671. The molecule has 1 aromatic heterocycles. The number of nitrogens with one attached hydrogen (secondary N) is 3. The van der Waals surface area contributed by atoms with Gasteiger partial charge in [-0.3, -0.25) is 20.4 Å². The molecule has 3 N–H and O–H groups in total. The molecule has 2 amide bonds. The van der Waals surface area contributed by atoms with Gasteiger partial charge in [-0.1, -0.05) is 17.7 Å². The van der Waals surface area contributed by atoms with Crippen LogP contribution < -0.4 is 15.6 Å². The molecular formula is C15H16ClN3O3. The van der Waals surface area contributed by atoms with Gasteiger partial charge in [-0.05, 0) is 43.7 Å². The van der Waals surface area contributed by atoms with E-state index >= 15 is 0 Å². The molecule has 0 aliphatic carbocycles. The van der Waals surface area contributed by atoms with Gasteiger partial charge in [-0.15, -0.1) is 0 Å². The highest BCUT2D eigenvalue weighted by Gasteiger charge is 2.17. The molecule has 7 heteroatoms. The zero-order valence-corrected chi connectivity index (χ0v) is 12.9. The monoisotopic (exact) mass is 321 g/mol. The second-order valence-electron chi connectivity index (χ2n) is 4.72. The first-order valence-electron chi connectivity index (χ1n) is 6.64. The first kappa shape index (κ1) is 15.9. The summed E-state index contributed by atoms with van der Waals surface area (Å²) in [6, 6.07) is 8.56. The van der Waals surface area contributed by atoms with E-state index in [2.05, 4.69) is 15.8 Å². The molecule has 0 saturated heterocycles. The number of benzene rings is 1. The average Bonchev–Trinajstić information content (AvgIpc) is 3.02. The Hall–Kier alpha value is -2.47. The molecule has 0 bridgehead atoms. The zero-order valence-electron chi connectivity index (χ0n) is 12.1. The summed E-state index contributed by atoms with van der Waals surface area (Å²) in [5.74, 6) is -0.517. The van der Waals surface area contributed by atoms with Crippen molar-refractivity contribution in [2.75, 3.05) is 0 Å². The molecule has 6 nitrogen and oxygen atoms in total. The predicted molar refractivity (Wildman–Crippen MR) is 82.7 cm³/mol. The maximum atomic E-state index is 11.9. The van der Waals surface area contributed by atoms with Crippen LogP contribution in [-0.4, -0.2) is 22.9 Å². The van der Waals surface area contributed by atoms with E-state index in [1.807, 2.05) is 13.0 Å². The lowest BCUT2D eigenvalue weighted by Gasteiger charge is -2.16. The van der Waals surface area contributed by atoms with Crippen LogP contribution in [0.5, 0.6) is 5.75 Å². The van der Waals surface area contributed by atoms with Crippen molar-refractivity contribution in [3.8, 4) is 5.75 Å². The van der Waals surface area contributed by atoms with Crippen LogP contribution in [0.2, 0.25) is 5.02 Å². The first-order chi connectivity index (χ1) is 10.5. The van der Waals surface area contributed by atoms with E-state index < -0.39 is 17.9 Å². The Kier molecular flexibility index (Phi) is 5.06. The van der Waals surface area contributed by atoms with Crippen LogP contribution in [0.25, 0.3) is 0 Å². The highest BCUT2D eigenvalue weighted by atomic mass is 35.5. The van der Waals surface area contributed by atoms with Crippen molar-refractivity contribution in [2.24, 2.45) is 0 Å². The number of aromatic amines is 1. The summed E-state index contributed by atoms with van der Waals surface area (Å²) in [4.78, 5) is 26.3. The van der Waals surface area contributed by atoms with Gasteiger partial charge in [0.05, 0.1) is 5.02 Å². The van der Waals surface area contributed by atoms with Gasteiger partial charge in [0, 0.05) is 6.20 Å². The molecule has 0 fully saturated rings. The van der Waals surface area contributed by atoms with Crippen molar-refractivity contribution in [1.29, 1.82) is 0 Å². The molecular weight excluding hydrogens is 306 g/mol. The third-order valence-corrected chi connectivity index (χ3v) is 3.21. The fourth-order valence-electron chi connectivity index (χ4n) is 1.70. The Labute approximate surface area is 132 Å². The SMILES string of the molecule is Cc1ccc(Cl)c(OC(C)C(=O)NNC(=O)c2ccc[nH]2)c1. The second kappa shape index (κ2) is 7.00. The minimum Gasteiger partial charge on any atom is -0.479 e. The molecule has 116 valence electrons. The Balaban J connectivity index is 1.89. The van der Waals surface area contributed by atoms with Gasteiger partial charge in [-0.2, -0.15) is 0 Å². The van der Waals surface area contributed by atoms with Gasteiger partial charge in [0.15, 0.2) is 6.10 Å². The quantitative estimate of drug-likeness (QED) is 0.755. The molecule has 0 aliphatic heterocycles. The Morgan fingerprint density at radius 3 is 2.73 bits per heavy atom. The number of amides is 2. The molecule has 0 saturated carbocycles. The fraction of sp³-hybridized carbons (Fsp3) is 0.200. The normalized spacial score (nSPS) is 11.6. The average molecular weight is 322 g/mol. The molecule has 2 rings (SSSR count). The Morgan fingerprint density at radius 1 is 1.27 bits per heavy atom. The van der Waals surface area contributed by atoms with E-state index in [0.29, 0.717) is 16.5 Å². The minimum absolute atomic E-state index is 0.343. The van der Waals surface area contributed by atoms with Gasteiger partial charge in [0.1, 0.15) is 11.4 Å². The third kappa shape index (κ3) is 4.02. The molecule has 1 atom stereocenters. The van der Waals surface area contributed by atoms with E-state index in [4.69, 9.17) is 16.3 Å². The Morgan fingerprint density at radius 2 is 2.05 bits per heavy atom. The predicted octanol–water partition coefficient (Wildman–Crippen LogP) is 2.21. The van der Waals surface area contributed by atoms with Crippen LogP contribution in [0.15, 0.2) is 36.5 Å². The minimum atomic E-state index is -0.816. The summed E-state index contributed by atoms with van der Waals surface area (Å²) < 4.78 is 5.51. The largest absolute Gasteiger partial charge is 0.479 e. The smallest absolute Gasteiger partial charge is 0.286 e. The van der Waals surface area contributed by atoms with E-state index in [-0.39, 0.29) is 0 Å². The van der Waals surface area contributed by atoms with Gasteiger partial charge in [0.25, 0.3) is 11.8 Å². The number of hydrazine groups is 1. The lowest BCUT2D eigenvalue weighted by Crippen LogP contribution is -2.47. The molecule has 1 heterocycles. The number of halogens is 1. The van der Waals surface area contributed by atoms with Gasteiger partial charge < -0.3 is 9.72 Å². The van der Waals surface area contributed by atoms with Crippen molar-refractivity contribution in [2.45, 2.75) is 20.0 Å². The molecule has 0 spiro atoms. The van der Waals surface area contributed by atoms with Crippen molar-refractivity contribution < 1.29 is 14.3 Å². The van der Waals surface area contributed by atoms with Gasteiger partial charge in [-0.25, -0.2) is 0 Å². The van der Waals surface area contributed by atoms with Gasteiger partial charge >= 0.3 is 0 Å². The standard InChI is InChI=1S/C15H16ClN3O3/c1-9-5-6-11(16)13(8-9)22-10(2)14(20)18-19-15(21)12-4-3-7-17-12/h3-8,10,17H,1-2H3,(H,18,20)(H,19,21). The summed E-state index contributed by atoms with van der Waals surface area (Å²) in [6.45, 7) is 3.46. The zero-order chi connectivity index (χ0) is 16.1. The van der Waals surface area contributed by atoms with Crippen molar-refractivity contribution in [1.82, 2.24) is 15.8 Å². The number of H-pyrrole nitrogens is 1. The van der Waals surface area contributed by atoms with Crippen LogP contribution >= 0.6 is 11.6 Å². The number of aryl methyl sites for hydroxylation is 1. The van der Waals surface area contributed by atoms with Crippen LogP contribution in [0.4, 0.5) is 0 Å². The van der Waals surface area contributed by atoms with Gasteiger partial charge in [0.2, 0.25) is 0 Å². The molecule has 0 radical (unpaired) electrons. The fourth-order valence-corrected chi connectivity index (χ4v) is 1.87. The maximum absolute atomic E-state index is 11.9. The molecule has 22 heavy (non-hydrogen) atoms. The van der Waals surface area contributed by atoms with E-state index in [1.54, 1.807) is 37.4 Å². The first-order valence-corrected chi connectivity index (χ1v) is 7.01. The highest BCUT2D eigenvalue weighted by molar-refractivity contribution is 6.32. The topological polar surface area (TPSA) is 83.2 Å². The highest BCUT2D eigenvalue weighted by Crippen LogP contribution is 2.26. The molecule has 0 aliphatic rings. The summed E-state index contributed by atoms with van der Waals surface area (Å²) in [5, 5.41) is 0.417. The maximum Gasteiger partial charge on any atom is 0.286 e. The third-order valence-electron chi connectivity index (χ3n) is 2.90. The molecule has 2 aromatic rings. The summed E-state index contributed by atoms with van der Waals surface area (Å²) in [6.07, 6.45) is 0.797. The van der Waals surface area contributed by atoms with Crippen LogP contribution in [-0.2, 0) is 4.79 Å². The molecule has 1 aromatic carbocycles. The number of ether oxygens (including phenoxy) is 1. The summed E-state index contributed by atoms with van der Waals surface area (Å²) in [5.41, 5.74) is 5.90. The van der Waals surface area contributed by atoms with Crippen LogP contribution in [0, 0.1) is 6.92 Å². The number of aromatic nitrogens is 1. The summed E-state index contributed by atoms with van der Waals surface area (Å²) in [7, 11) is 0. The number of carbonyl (C=O) groups is 2. The number of hydrogen-bond donors (Lipinski definition) is 3. The van der Waals surface area contributed by atoms with Crippen molar-refractivity contribution in [3.63, 3.8) is 0 Å². The summed E-state index contributed by atoms with van der Waals surface area (Å²) >= 11 is 6.01. The van der Waals surface area contributed by atoms with Crippen LogP contribution in [0.1, 0.15) is 23.0 Å². The van der Waals surface area contributed by atoms with E-state index in [0.717, 1.165) is 5.56 Å².